The molecule has 2 heteroatoms. The van der Waals surface area contributed by atoms with E-state index < -0.39 is 0 Å². The summed E-state index contributed by atoms with van der Waals surface area (Å²) in [6.07, 6.45) is 4.21. The normalized spacial score (nSPS) is 18.4. The fourth-order valence-corrected chi connectivity index (χ4v) is 2.26. The highest BCUT2D eigenvalue weighted by molar-refractivity contribution is 5.52. The largest absolute Gasteiger partial charge is 0.497 e. The maximum Gasteiger partial charge on any atom is 0.126 e. The minimum atomic E-state index is 0.431. The first-order chi connectivity index (χ1) is 7.30. The molecule has 1 aliphatic carbocycles. The number of benzene rings is 1. The third-order valence-corrected chi connectivity index (χ3v) is 3.04. The molecule has 0 saturated heterocycles. The zero-order chi connectivity index (χ0) is 10.8. The van der Waals surface area contributed by atoms with Crippen molar-refractivity contribution in [2.24, 2.45) is 0 Å². The van der Waals surface area contributed by atoms with E-state index in [4.69, 9.17) is 9.47 Å². The number of ether oxygens (including phenoxy) is 2. The highest BCUT2D eigenvalue weighted by atomic mass is 16.5. The fourth-order valence-electron chi connectivity index (χ4n) is 2.26. The van der Waals surface area contributed by atoms with Crippen LogP contribution in [-0.4, -0.2) is 14.2 Å². The highest BCUT2D eigenvalue weighted by Gasteiger charge is 2.24. The van der Waals surface area contributed by atoms with E-state index in [1.807, 2.05) is 12.1 Å². The molecule has 0 radical (unpaired) electrons. The van der Waals surface area contributed by atoms with Gasteiger partial charge in [-0.05, 0) is 24.5 Å². The smallest absolute Gasteiger partial charge is 0.126 e. The number of rotatable bonds is 3. The van der Waals surface area contributed by atoms with Crippen molar-refractivity contribution >= 4 is 0 Å². The lowest BCUT2D eigenvalue weighted by Crippen LogP contribution is -1.96. The molecule has 0 heterocycles. The van der Waals surface area contributed by atoms with Crippen molar-refractivity contribution in [3.8, 4) is 11.5 Å². The fraction of sp³-hybridized carbons (Fsp3) is 0.385. The van der Waals surface area contributed by atoms with Crippen LogP contribution in [0.5, 0.6) is 11.5 Å². The molecule has 2 rings (SSSR count). The van der Waals surface area contributed by atoms with Crippen LogP contribution in [0.1, 0.15) is 23.5 Å². The van der Waals surface area contributed by atoms with Crippen LogP contribution in [0.2, 0.25) is 0 Å². The van der Waals surface area contributed by atoms with Crippen LogP contribution in [-0.2, 0) is 6.42 Å². The standard InChI is InChI=1S/C13H16O2/c1-4-9-5-6-10-7-11(14-2)8-12(15-3)13(9)10/h4,7-9H,1,5-6H2,2-3H3/t9-/m0/s1. The number of aryl methyl sites for hydroxylation is 1. The lowest BCUT2D eigenvalue weighted by molar-refractivity contribution is 0.390. The predicted octanol–water partition coefficient (Wildman–Crippen LogP) is 2.92. The molecule has 1 aromatic rings. The molecule has 2 nitrogen and oxygen atoms in total. The number of methoxy groups -OCH3 is 2. The van der Waals surface area contributed by atoms with Gasteiger partial charge in [0.2, 0.25) is 0 Å². The molecular weight excluding hydrogens is 188 g/mol. The molecule has 0 unspecified atom stereocenters. The van der Waals surface area contributed by atoms with E-state index >= 15 is 0 Å². The first-order valence-corrected chi connectivity index (χ1v) is 5.17. The summed E-state index contributed by atoms with van der Waals surface area (Å²) in [4.78, 5) is 0. The SMILES string of the molecule is C=C[C@H]1CCc2cc(OC)cc(OC)c21. The van der Waals surface area contributed by atoms with Gasteiger partial charge in [-0.1, -0.05) is 6.08 Å². The average molecular weight is 204 g/mol. The third kappa shape index (κ3) is 1.60. The Morgan fingerprint density at radius 3 is 2.73 bits per heavy atom. The second kappa shape index (κ2) is 3.97. The molecule has 0 saturated carbocycles. The molecular formula is C13H16O2. The van der Waals surface area contributed by atoms with E-state index in [1.165, 1.54) is 11.1 Å². The van der Waals surface area contributed by atoms with E-state index in [1.54, 1.807) is 14.2 Å². The Morgan fingerprint density at radius 1 is 1.33 bits per heavy atom. The van der Waals surface area contributed by atoms with Crippen molar-refractivity contribution in [3.05, 3.63) is 35.9 Å². The summed E-state index contributed by atoms with van der Waals surface area (Å²) < 4.78 is 10.6. The van der Waals surface area contributed by atoms with Gasteiger partial charge in [0.25, 0.3) is 0 Å². The zero-order valence-corrected chi connectivity index (χ0v) is 9.25. The first kappa shape index (κ1) is 10.1. The molecule has 0 aliphatic heterocycles. The van der Waals surface area contributed by atoms with Gasteiger partial charge >= 0.3 is 0 Å². The van der Waals surface area contributed by atoms with Crippen LogP contribution in [0.4, 0.5) is 0 Å². The second-order valence-corrected chi connectivity index (χ2v) is 3.78. The maximum atomic E-state index is 5.40. The summed E-state index contributed by atoms with van der Waals surface area (Å²) in [5.74, 6) is 2.22. The number of allylic oxidation sites excluding steroid dienone is 1. The molecule has 0 amide bonds. The van der Waals surface area contributed by atoms with Crippen LogP contribution in [0.15, 0.2) is 24.8 Å². The van der Waals surface area contributed by atoms with Crippen molar-refractivity contribution in [2.45, 2.75) is 18.8 Å². The van der Waals surface area contributed by atoms with Gasteiger partial charge in [-0.15, -0.1) is 6.58 Å². The number of hydrogen-bond acceptors (Lipinski definition) is 2. The molecule has 0 fully saturated rings. The van der Waals surface area contributed by atoms with E-state index in [2.05, 4.69) is 12.6 Å². The summed E-state index contributed by atoms with van der Waals surface area (Å²) in [5.41, 5.74) is 2.62. The first-order valence-electron chi connectivity index (χ1n) is 5.17. The molecule has 1 aromatic carbocycles. The van der Waals surface area contributed by atoms with Crippen molar-refractivity contribution in [1.29, 1.82) is 0 Å². The summed E-state index contributed by atoms with van der Waals surface area (Å²) in [6.45, 7) is 3.87. The van der Waals surface area contributed by atoms with Gasteiger partial charge in [0.1, 0.15) is 11.5 Å². The van der Waals surface area contributed by atoms with Gasteiger partial charge < -0.3 is 9.47 Å². The van der Waals surface area contributed by atoms with Crippen LogP contribution in [0.25, 0.3) is 0 Å². The Labute approximate surface area is 90.5 Å². The van der Waals surface area contributed by atoms with Gasteiger partial charge in [0, 0.05) is 17.5 Å². The van der Waals surface area contributed by atoms with Crippen molar-refractivity contribution < 1.29 is 9.47 Å². The van der Waals surface area contributed by atoms with E-state index in [0.29, 0.717) is 5.92 Å². The Bertz CT molecular complexity index is 382. The third-order valence-electron chi connectivity index (χ3n) is 3.04. The molecule has 15 heavy (non-hydrogen) atoms. The molecule has 0 bridgehead atoms. The number of fused-ring (bicyclic) bond motifs is 1. The van der Waals surface area contributed by atoms with Crippen molar-refractivity contribution in [3.63, 3.8) is 0 Å². The molecule has 1 atom stereocenters. The van der Waals surface area contributed by atoms with Crippen LogP contribution in [0.3, 0.4) is 0 Å². The van der Waals surface area contributed by atoms with Gasteiger partial charge in [0.05, 0.1) is 14.2 Å². The van der Waals surface area contributed by atoms with Crippen molar-refractivity contribution in [2.75, 3.05) is 14.2 Å². The summed E-state index contributed by atoms with van der Waals surface area (Å²) >= 11 is 0. The summed E-state index contributed by atoms with van der Waals surface area (Å²) in [7, 11) is 3.38. The minimum absolute atomic E-state index is 0.431. The molecule has 0 N–H and O–H groups in total. The summed E-state index contributed by atoms with van der Waals surface area (Å²) in [5, 5.41) is 0. The van der Waals surface area contributed by atoms with E-state index in [0.717, 1.165) is 24.3 Å². The predicted molar refractivity (Wildman–Crippen MR) is 60.8 cm³/mol. The Balaban J connectivity index is 2.53. The van der Waals surface area contributed by atoms with Gasteiger partial charge in [-0.25, -0.2) is 0 Å². The van der Waals surface area contributed by atoms with E-state index in [9.17, 15) is 0 Å². The number of hydrogen-bond donors (Lipinski definition) is 0. The van der Waals surface area contributed by atoms with Crippen molar-refractivity contribution in [1.82, 2.24) is 0 Å². The van der Waals surface area contributed by atoms with Gasteiger partial charge in [-0.2, -0.15) is 0 Å². The summed E-state index contributed by atoms with van der Waals surface area (Å²) in [6, 6.07) is 4.04. The molecule has 0 aromatic heterocycles. The molecule has 0 spiro atoms. The minimum Gasteiger partial charge on any atom is -0.497 e. The highest BCUT2D eigenvalue weighted by Crippen LogP contribution is 2.42. The molecule has 80 valence electrons. The Morgan fingerprint density at radius 2 is 2.13 bits per heavy atom. The van der Waals surface area contributed by atoms with Gasteiger partial charge in [0.15, 0.2) is 0 Å². The molecule has 1 aliphatic rings. The van der Waals surface area contributed by atoms with Crippen LogP contribution >= 0.6 is 0 Å². The monoisotopic (exact) mass is 204 g/mol. The van der Waals surface area contributed by atoms with Gasteiger partial charge in [-0.3, -0.25) is 0 Å². The topological polar surface area (TPSA) is 18.5 Å². The van der Waals surface area contributed by atoms with E-state index in [-0.39, 0.29) is 0 Å². The van der Waals surface area contributed by atoms with Crippen LogP contribution in [0, 0.1) is 0 Å². The Kier molecular flexibility index (Phi) is 2.67. The van der Waals surface area contributed by atoms with Crippen LogP contribution < -0.4 is 9.47 Å². The lowest BCUT2D eigenvalue weighted by Gasteiger charge is -2.13. The maximum absolute atomic E-state index is 5.40. The Hall–Kier alpha value is -1.44. The second-order valence-electron chi connectivity index (χ2n) is 3.78. The lowest BCUT2D eigenvalue weighted by atomic mass is 10.0. The average Bonchev–Trinajstić information content (AvgIpc) is 2.70. The quantitative estimate of drug-likeness (QED) is 0.705. The zero-order valence-electron chi connectivity index (χ0n) is 9.25.